The number of anilines is 1. The summed E-state index contributed by atoms with van der Waals surface area (Å²) in [7, 11) is -3.56. The van der Waals surface area contributed by atoms with Crippen LogP contribution >= 0.6 is 11.3 Å². The molecule has 6 nitrogen and oxygen atoms in total. The lowest BCUT2D eigenvalue weighted by Gasteiger charge is -2.40. The minimum Gasteiger partial charge on any atom is -0.393 e. The lowest BCUT2D eigenvalue weighted by molar-refractivity contribution is -0.277. The maximum Gasteiger partial charge on any atom is 0.423 e. The van der Waals surface area contributed by atoms with Gasteiger partial charge in [-0.05, 0) is 36.1 Å². The number of piperazine rings is 1. The first-order valence-corrected chi connectivity index (χ1v) is 11.1. The highest BCUT2D eigenvalue weighted by Gasteiger charge is 2.54. The fourth-order valence-electron chi connectivity index (χ4n) is 3.34. The van der Waals surface area contributed by atoms with Gasteiger partial charge < -0.3 is 15.1 Å². The highest BCUT2D eigenvalue weighted by molar-refractivity contribution is 7.91. The Hall–Kier alpha value is -1.66. The Kier molecular flexibility index (Phi) is 5.98. The molecule has 0 unspecified atom stereocenters. The summed E-state index contributed by atoms with van der Waals surface area (Å²) in [5.74, 6) is 0. The highest BCUT2D eigenvalue weighted by atomic mass is 32.2. The molecule has 1 aromatic carbocycles. The fourth-order valence-corrected chi connectivity index (χ4v) is 5.99. The number of rotatable bonds is 5. The molecule has 1 aliphatic rings. The third-order valence-corrected chi connectivity index (χ3v) is 8.29. The molecule has 1 saturated heterocycles. The third-order valence-electron chi connectivity index (χ3n) is 5.05. The van der Waals surface area contributed by atoms with E-state index in [1.54, 1.807) is 17.5 Å². The Balaban J connectivity index is 1.76. The van der Waals surface area contributed by atoms with Gasteiger partial charge in [0.2, 0.25) is 5.60 Å². The van der Waals surface area contributed by atoms with Crippen molar-refractivity contribution in [3.8, 4) is 0 Å². The van der Waals surface area contributed by atoms with Crippen molar-refractivity contribution < 1.29 is 31.8 Å². The summed E-state index contributed by atoms with van der Waals surface area (Å²) in [6.45, 7) is 1.21. The van der Waals surface area contributed by atoms with E-state index in [1.165, 1.54) is 16.4 Å². The molecule has 0 radical (unpaired) electrons. The van der Waals surface area contributed by atoms with Crippen molar-refractivity contribution in [1.82, 2.24) is 4.31 Å². The van der Waals surface area contributed by atoms with Crippen molar-refractivity contribution in [2.45, 2.75) is 29.0 Å². The standard InChI is InChI=1S/C18H21F3N2O4S2/c1-13-11-22(29(26,27)16-3-2-10-28-16)8-9-23(13)15-6-4-14(5-7-15)17(25,12-24)18(19,20)21/h2-7,10,13,24-25H,8-9,11-12H2,1H3/t13-,17+/m0/s1. The molecule has 1 fully saturated rings. The van der Waals surface area contributed by atoms with Gasteiger partial charge in [0.05, 0.1) is 6.61 Å². The zero-order valence-electron chi connectivity index (χ0n) is 15.5. The summed E-state index contributed by atoms with van der Waals surface area (Å²) in [6, 6.07) is 8.14. The van der Waals surface area contributed by atoms with Crippen LogP contribution in [0, 0.1) is 0 Å². The van der Waals surface area contributed by atoms with Gasteiger partial charge in [0.1, 0.15) is 4.21 Å². The van der Waals surface area contributed by atoms with Crippen molar-refractivity contribution in [2.24, 2.45) is 0 Å². The quantitative estimate of drug-likeness (QED) is 0.731. The SMILES string of the molecule is C[C@H]1CN(S(=O)(=O)c2cccs2)CCN1c1ccc([C@](O)(CO)C(F)(F)F)cc1. The van der Waals surface area contributed by atoms with Gasteiger partial charge in [0.15, 0.2) is 0 Å². The van der Waals surface area contributed by atoms with Gasteiger partial charge in [-0.25, -0.2) is 8.42 Å². The van der Waals surface area contributed by atoms with Crippen LogP contribution in [0.4, 0.5) is 18.9 Å². The lowest BCUT2D eigenvalue weighted by atomic mass is 9.93. The third kappa shape index (κ3) is 4.02. The predicted molar refractivity (Wildman–Crippen MR) is 103 cm³/mol. The van der Waals surface area contributed by atoms with Crippen LogP contribution in [0.15, 0.2) is 46.0 Å². The normalized spacial score (nSPS) is 21.2. The number of aliphatic hydroxyl groups is 2. The molecule has 1 aromatic heterocycles. The zero-order chi connectivity index (χ0) is 21.4. The van der Waals surface area contributed by atoms with E-state index in [4.69, 9.17) is 5.11 Å². The monoisotopic (exact) mass is 450 g/mol. The number of halogens is 3. The van der Waals surface area contributed by atoms with E-state index in [-0.39, 0.29) is 23.3 Å². The molecule has 0 saturated carbocycles. The molecule has 2 atom stereocenters. The molecule has 29 heavy (non-hydrogen) atoms. The second kappa shape index (κ2) is 7.88. The van der Waals surface area contributed by atoms with Gasteiger partial charge in [-0.3, -0.25) is 0 Å². The second-order valence-corrected chi connectivity index (χ2v) is 10.0. The van der Waals surface area contributed by atoms with Crippen LogP contribution in [0.5, 0.6) is 0 Å². The van der Waals surface area contributed by atoms with Crippen LogP contribution in [-0.2, 0) is 15.6 Å². The molecule has 2 N–H and O–H groups in total. The first-order valence-electron chi connectivity index (χ1n) is 8.81. The number of benzene rings is 1. The zero-order valence-corrected chi connectivity index (χ0v) is 17.1. The molecule has 1 aliphatic heterocycles. The van der Waals surface area contributed by atoms with E-state index in [2.05, 4.69) is 0 Å². The van der Waals surface area contributed by atoms with E-state index in [0.717, 1.165) is 23.5 Å². The molecule has 160 valence electrons. The van der Waals surface area contributed by atoms with Gasteiger partial charge in [-0.15, -0.1) is 11.3 Å². The topological polar surface area (TPSA) is 81.1 Å². The van der Waals surface area contributed by atoms with Crippen molar-refractivity contribution in [3.63, 3.8) is 0 Å². The maximum absolute atomic E-state index is 13.1. The lowest BCUT2D eigenvalue weighted by Crippen LogP contribution is -2.53. The molecular weight excluding hydrogens is 429 g/mol. The first-order chi connectivity index (χ1) is 13.5. The molecular formula is C18H21F3N2O4S2. The minimum absolute atomic E-state index is 0.205. The van der Waals surface area contributed by atoms with Crippen molar-refractivity contribution in [3.05, 3.63) is 47.3 Å². The molecule has 0 amide bonds. The maximum atomic E-state index is 13.1. The van der Waals surface area contributed by atoms with Crippen LogP contribution in [0.25, 0.3) is 0 Å². The van der Waals surface area contributed by atoms with Gasteiger partial charge >= 0.3 is 6.18 Å². The van der Waals surface area contributed by atoms with Crippen molar-refractivity contribution in [2.75, 3.05) is 31.1 Å². The van der Waals surface area contributed by atoms with Crippen LogP contribution < -0.4 is 4.90 Å². The Bertz CT molecular complexity index is 933. The molecule has 2 aromatic rings. The van der Waals surface area contributed by atoms with Gasteiger partial charge in [-0.1, -0.05) is 18.2 Å². The summed E-state index contributed by atoms with van der Waals surface area (Å²) in [5, 5.41) is 20.6. The van der Waals surface area contributed by atoms with Gasteiger partial charge in [0, 0.05) is 31.4 Å². The van der Waals surface area contributed by atoms with Crippen LogP contribution in [0.1, 0.15) is 12.5 Å². The van der Waals surface area contributed by atoms with Crippen molar-refractivity contribution in [1.29, 1.82) is 0 Å². The summed E-state index contributed by atoms with van der Waals surface area (Å²) in [6.07, 6.45) is -5.02. The van der Waals surface area contributed by atoms with Crippen LogP contribution in [-0.4, -0.2) is 61.4 Å². The summed E-state index contributed by atoms with van der Waals surface area (Å²) in [4.78, 5) is 1.90. The largest absolute Gasteiger partial charge is 0.423 e. The number of alkyl halides is 3. The van der Waals surface area contributed by atoms with E-state index >= 15 is 0 Å². The Morgan fingerprint density at radius 3 is 2.31 bits per heavy atom. The number of aliphatic hydroxyl groups excluding tert-OH is 1. The number of sulfonamides is 1. The molecule has 11 heteroatoms. The number of hydrogen-bond donors (Lipinski definition) is 2. The molecule has 0 bridgehead atoms. The fraction of sp³-hybridized carbons (Fsp3) is 0.444. The average molecular weight is 451 g/mol. The second-order valence-electron chi connectivity index (χ2n) is 6.90. The summed E-state index contributed by atoms with van der Waals surface area (Å²) >= 11 is 1.15. The first kappa shape index (κ1) is 22.0. The molecule has 0 aliphatic carbocycles. The number of hydrogen-bond acceptors (Lipinski definition) is 6. The Labute approximate surface area is 170 Å². The van der Waals surface area contributed by atoms with E-state index < -0.39 is 34.0 Å². The average Bonchev–Trinajstić information content (AvgIpc) is 3.22. The minimum atomic E-state index is -5.02. The summed E-state index contributed by atoms with van der Waals surface area (Å²) < 4.78 is 66.3. The Morgan fingerprint density at radius 2 is 1.83 bits per heavy atom. The highest BCUT2D eigenvalue weighted by Crippen LogP contribution is 2.39. The molecule has 2 heterocycles. The predicted octanol–water partition coefficient (Wildman–Crippen LogP) is 2.39. The number of thiophene rings is 1. The van der Waals surface area contributed by atoms with Gasteiger partial charge in [-0.2, -0.15) is 17.5 Å². The van der Waals surface area contributed by atoms with E-state index in [1.807, 2.05) is 11.8 Å². The smallest absolute Gasteiger partial charge is 0.393 e. The van der Waals surface area contributed by atoms with Crippen molar-refractivity contribution >= 4 is 27.0 Å². The van der Waals surface area contributed by atoms with Crippen LogP contribution in [0.2, 0.25) is 0 Å². The Morgan fingerprint density at radius 1 is 1.17 bits per heavy atom. The van der Waals surface area contributed by atoms with E-state index in [9.17, 15) is 26.7 Å². The van der Waals surface area contributed by atoms with Crippen LogP contribution in [0.3, 0.4) is 0 Å². The number of nitrogens with zero attached hydrogens (tertiary/aromatic N) is 2. The van der Waals surface area contributed by atoms with E-state index in [0.29, 0.717) is 12.2 Å². The summed E-state index contributed by atoms with van der Waals surface area (Å²) in [5.41, 5.74) is -3.18. The molecule has 3 rings (SSSR count). The molecule has 0 spiro atoms. The van der Waals surface area contributed by atoms with Gasteiger partial charge in [0.25, 0.3) is 10.0 Å².